The number of piperidine rings is 1. The summed E-state index contributed by atoms with van der Waals surface area (Å²) in [5.41, 5.74) is -0.812. The van der Waals surface area contributed by atoms with Crippen LogP contribution in [0.5, 0.6) is 0 Å². The molecular formula is C19H28F3N3O. The molecule has 3 heterocycles. The van der Waals surface area contributed by atoms with Crippen molar-refractivity contribution in [2.45, 2.75) is 51.5 Å². The smallest absolute Gasteiger partial charge is 0.373 e. The fourth-order valence-corrected chi connectivity index (χ4v) is 4.04. The summed E-state index contributed by atoms with van der Waals surface area (Å²) in [4.78, 5) is 8.26. The summed E-state index contributed by atoms with van der Waals surface area (Å²) < 4.78 is 44.3. The van der Waals surface area contributed by atoms with Gasteiger partial charge in [0.05, 0.1) is 12.2 Å². The molecule has 0 bridgehead atoms. The summed E-state index contributed by atoms with van der Waals surface area (Å²) in [6.07, 6.45) is -0.662. The molecule has 0 spiro atoms. The molecule has 146 valence electrons. The Morgan fingerprint density at radius 3 is 2.38 bits per heavy atom. The van der Waals surface area contributed by atoms with Gasteiger partial charge in [-0.05, 0) is 57.7 Å². The second-order valence-electron chi connectivity index (χ2n) is 7.61. The van der Waals surface area contributed by atoms with Gasteiger partial charge in [0.15, 0.2) is 0 Å². The predicted octanol–water partition coefficient (Wildman–Crippen LogP) is 3.82. The van der Waals surface area contributed by atoms with Crippen LogP contribution < -0.4 is 4.90 Å². The number of rotatable bonds is 4. The number of nitrogens with zero attached hydrogens (tertiary/aromatic N) is 3. The third-order valence-electron chi connectivity index (χ3n) is 5.31. The Kier molecular flexibility index (Phi) is 6.07. The second kappa shape index (κ2) is 8.13. The number of pyridine rings is 1. The van der Waals surface area contributed by atoms with Crippen molar-refractivity contribution in [2.75, 3.05) is 37.6 Å². The molecule has 26 heavy (non-hydrogen) atoms. The lowest BCUT2D eigenvalue weighted by Crippen LogP contribution is -2.46. The summed E-state index contributed by atoms with van der Waals surface area (Å²) in [6, 6.07) is 4.14. The maximum Gasteiger partial charge on any atom is 0.433 e. The zero-order valence-corrected chi connectivity index (χ0v) is 15.5. The van der Waals surface area contributed by atoms with Crippen molar-refractivity contribution in [1.82, 2.24) is 9.88 Å². The first-order chi connectivity index (χ1) is 12.3. The van der Waals surface area contributed by atoms with Crippen LogP contribution in [-0.4, -0.2) is 54.8 Å². The molecule has 2 atom stereocenters. The SMILES string of the molecule is CC1CN(CCC2CCN(c3cccc(C(F)(F)F)n3)CC2)CC(C)O1. The van der Waals surface area contributed by atoms with Crippen LogP contribution in [-0.2, 0) is 10.9 Å². The van der Waals surface area contributed by atoms with Crippen LogP contribution in [0.25, 0.3) is 0 Å². The minimum atomic E-state index is -4.39. The van der Waals surface area contributed by atoms with Gasteiger partial charge in [-0.15, -0.1) is 0 Å². The van der Waals surface area contributed by atoms with Gasteiger partial charge in [0.1, 0.15) is 11.5 Å². The molecule has 0 saturated carbocycles. The Bertz CT molecular complexity index is 578. The minimum Gasteiger partial charge on any atom is -0.373 e. The molecule has 0 N–H and O–H groups in total. The Balaban J connectivity index is 1.47. The molecule has 2 saturated heterocycles. The zero-order valence-electron chi connectivity index (χ0n) is 15.5. The normalized spacial score (nSPS) is 26.3. The molecule has 3 rings (SSSR count). The summed E-state index contributed by atoms with van der Waals surface area (Å²) in [5, 5.41) is 0. The zero-order chi connectivity index (χ0) is 18.7. The number of alkyl halides is 3. The maximum atomic E-state index is 12.8. The van der Waals surface area contributed by atoms with Crippen molar-refractivity contribution in [2.24, 2.45) is 5.92 Å². The fraction of sp³-hybridized carbons (Fsp3) is 0.737. The lowest BCUT2D eigenvalue weighted by molar-refractivity contribution is -0.141. The number of hydrogen-bond acceptors (Lipinski definition) is 4. The van der Waals surface area contributed by atoms with Crippen LogP contribution in [0.3, 0.4) is 0 Å². The first-order valence-corrected chi connectivity index (χ1v) is 9.48. The van der Waals surface area contributed by atoms with Crippen molar-refractivity contribution in [3.63, 3.8) is 0 Å². The van der Waals surface area contributed by atoms with Gasteiger partial charge in [0.25, 0.3) is 0 Å². The largest absolute Gasteiger partial charge is 0.433 e. The average Bonchev–Trinajstić information content (AvgIpc) is 2.59. The Labute approximate surface area is 153 Å². The van der Waals surface area contributed by atoms with Crippen LogP contribution >= 0.6 is 0 Å². The van der Waals surface area contributed by atoms with Gasteiger partial charge in [-0.3, -0.25) is 4.90 Å². The van der Waals surface area contributed by atoms with Gasteiger partial charge in [0, 0.05) is 26.2 Å². The molecule has 0 aliphatic carbocycles. The van der Waals surface area contributed by atoms with Gasteiger partial charge < -0.3 is 9.64 Å². The predicted molar refractivity (Wildman–Crippen MR) is 95.2 cm³/mol. The maximum absolute atomic E-state index is 12.8. The number of anilines is 1. The molecule has 0 radical (unpaired) electrons. The number of ether oxygens (including phenoxy) is 1. The van der Waals surface area contributed by atoms with E-state index in [2.05, 4.69) is 23.7 Å². The second-order valence-corrected chi connectivity index (χ2v) is 7.61. The van der Waals surface area contributed by atoms with Crippen molar-refractivity contribution < 1.29 is 17.9 Å². The van der Waals surface area contributed by atoms with E-state index in [0.29, 0.717) is 11.7 Å². The van der Waals surface area contributed by atoms with E-state index in [4.69, 9.17) is 4.74 Å². The molecular weight excluding hydrogens is 343 g/mol. The van der Waals surface area contributed by atoms with E-state index >= 15 is 0 Å². The monoisotopic (exact) mass is 371 g/mol. The third kappa shape index (κ3) is 5.10. The van der Waals surface area contributed by atoms with Gasteiger partial charge in [0.2, 0.25) is 0 Å². The quantitative estimate of drug-likeness (QED) is 0.805. The molecule has 0 aromatic carbocycles. The Morgan fingerprint density at radius 1 is 1.12 bits per heavy atom. The number of halogens is 3. The molecule has 1 aromatic rings. The number of hydrogen-bond donors (Lipinski definition) is 0. The third-order valence-corrected chi connectivity index (χ3v) is 5.31. The topological polar surface area (TPSA) is 28.6 Å². The molecule has 2 aliphatic rings. The van der Waals surface area contributed by atoms with E-state index in [1.807, 2.05) is 4.90 Å². The van der Waals surface area contributed by atoms with Crippen molar-refractivity contribution in [3.8, 4) is 0 Å². The van der Waals surface area contributed by atoms with Crippen LogP contribution in [0.4, 0.5) is 19.0 Å². The highest BCUT2D eigenvalue weighted by atomic mass is 19.4. The lowest BCUT2D eigenvalue weighted by Gasteiger charge is -2.37. The summed E-state index contributed by atoms with van der Waals surface area (Å²) >= 11 is 0. The van der Waals surface area contributed by atoms with E-state index in [9.17, 15) is 13.2 Å². The van der Waals surface area contributed by atoms with Crippen LogP contribution in [0.2, 0.25) is 0 Å². The van der Waals surface area contributed by atoms with E-state index in [0.717, 1.165) is 58.1 Å². The highest BCUT2D eigenvalue weighted by Crippen LogP contribution is 2.30. The first kappa shape index (κ1) is 19.4. The first-order valence-electron chi connectivity index (χ1n) is 9.48. The lowest BCUT2D eigenvalue weighted by atomic mass is 9.93. The molecule has 1 aromatic heterocycles. The van der Waals surface area contributed by atoms with Gasteiger partial charge in [-0.2, -0.15) is 13.2 Å². The van der Waals surface area contributed by atoms with E-state index in [1.54, 1.807) is 6.07 Å². The highest BCUT2D eigenvalue weighted by Gasteiger charge is 2.33. The van der Waals surface area contributed by atoms with Gasteiger partial charge >= 0.3 is 6.18 Å². The summed E-state index contributed by atoms with van der Waals surface area (Å²) in [6.45, 7) is 8.81. The molecule has 4 nitrogen and oxygen atoms in total. The summed E-state index contributed by atoms with van der Waals surface area (Å²) in [5.74, 6) is 1.07. The Hall–Kier alpha value is -1.34. The van der Waals surface area contributed by atoms with Gasteiger partial charge in [-0.25, -0.2) is 4.98 Å². The molecule has 2 unspecified atom stereocenters. The fourth-order valence-electron chi connectivity index (χ4n) is 4.04. The molecule has 2 aliphatic heterocycles. The van der Waals surface area contributed by atoms with Crippen molar-refractivity contribution in [3.05, 3.63) is 23.9 Å². The molecule has 7 heteroatoms. The summed E-state index contributed by atoms with van der Waals surface area (Å²) in [7, 11) is 0. The van der Waals surface area contributed by atoms with Crippen LogP contribution in [0, 0.1) is 5.92 Å². The Morgan fingerprint density at radius 2 is 1.77 bits per heavy atom. The number of morpholine rings is 1. The van der Waals surface area contributed by atoms with E-state index in [-0.39, 0.29) is 12.2 Å². The van der Waals surface area contributed by atoms with Crippen LogP contribution in [0.1, 0.15) is 38.8 Å². The van der Waals surface area contributed by atoms with Gasteiger partial charge in [-0.1, -0.05) is 6.07 Å². The van der Waals surface area contributed by atoms with E-state index in [1.165, 1.54) is 6.07 Å². The van der Waals surface area contributed by atoms with Crippen LogP contribution in [0.15, 0.2) is 18.2 Å². The van der Waals surface area contributed by atoms with E-state index < -0.39 is 11.9 Å². The standard InChI is InChI=1S/C19H28F3N3O/c1-14-12-24(13-15(2)26-14)9-6-16-7-10-25(11-8-16)18-5-3-4-17(23-18)19(20,21)22/h3-5,14-16H,6-13H2,1-2H3. The number of aromatic nitrogens is 1. The molecule has 0 amide bonds. The molecule has 2 fully saturated rings. The highest BCUT2D eigenvalue weighted by molar-refractivity contribution is 5.40. The van der Waals surface area contributed by atoms with Crippen molar-refractivity contribution >= 4 is 5.82 Å². The van der Waals surface area contributed by atoms with Crippen molar-refractivity contribution in [1.29, 1.82) is 0 Å². The minimum absolute atomic E-state index is 0.285. The average molecular weight is 371 g/mol.